The van der Waals surface area contributed by atoms with Gasteiger partial charge in [-0.2, -0.15) is 5.10 Å². The van der Waals surface area contributed by atoms with Crippen LogP contribution in [-0.4, -0.2) is 28.2 Å². The zero-order chi connectivity index (χ0) is 17.4. The highest BCUT2D eigenvalue weighted by molar-refractivity contribution is 6.30. The van der Waals surface area contributed by atoms with Crippen LogP contribution < -0.4 is 11.1 Å². The van der Waals surface area contributed by atoms with E-state index in [9.17, 15) is 4.79 Å². The maximum atomic E-state index is 12.9. The van der Waals surface area contributed by atoms with Crippen LogP contribution in [0.5, 0.6) is 0 Å². The predicted molar refractivity (Wildman–Crippen MR) is 98.3 cm³/mol. The normalized spacial score (nSPS) is 28.6. The maximum absolute atomic E-state index is 12.9. The molecule has 2 aliphatic carbocycles. The van der Waals surface area contributed by atoms with Crippen LogP contribution in [0.25, 0.3) is 11.3 Å². The Kier molecular flexibility index (Phi) is 4.52. The van der Waals surface area contributed by atoms with Crippen LogP contribution in [0.4, 0.5) is 0 Å². The number of amides is 1. The summed E-state index contributed by atoms with van der Waals surface area (Å²) < 4.78 is 0. The molecule has 2 unspecified atom stereocenters. The fraction of sp³-hybridized carbons (Fsp3) is 0.474. The highest BCUT2D eigenvalue weighted by Gasteiger charge is 2.40. The van der Waals surface area contributed by atoms with Crippen LogP contribution in [0.2, 0.25) is 5.02 Å². The number of carbonyl (C=O) groups excluding carboxylic acids is 1. The first-order chi connectivity index (χ1) is 12.1. The van der Waals surface area contributed by atoms with E-state index in [-0.39, 0.29) is 18.0 Å². The number of H-pyrrole nitrogens is 1. The lowest BCUT2D eigenvalue weighted by Crippen LogP contribution is -2.53. The summed E-state index contributed by atoms with van der Waals surface area (Å²) in [7, 11) is 0. The van der Waals surface area contributed by atoms with Crippen molar-refractivity contribution in [2.45, 2.75) is 44.2 Å². The standard InChI is InChI=1S/C19H23ClN4O/c20-14-6-2-5-11(7-14)18-16(10-22-24-18)19(25)23-17-12-3-1-4-13(17)9-15(21)8-12/h2,5-7,10,12-13,15,17H,1,3-4,8-9,21H2,(H,22,24)(H,23,25). The Balaban J connectivity index is 1.56. The van der Waals surface area contributed by atoms with Crippen molar-refractivity contribution in [3.63, 3.8) is 0 Å². The van der Waals surface area contributed by atoms with Crippen molar-refractivity contribution in [2.75, 3.05) is 0 Å². The molecule has 2 saturated carbocycles. The quantitative estimate of drug-likeness (QED) is 0.786. The first-order valence-electron chi connectivity index (χ1n) is 8.97. The molecule has 4 rings (SSSR count). The molecule has 2 bridgehead atoms. The smallest absolute Gasteiger partial charge is 0.255 e. The lowest BCUT2D eigenvalue weighted by molar-refractivity contribution is 0.0756. The van der Waals surface area contributed by atoms with Crippen molar-refractivity contribution in [1.29, 1.82) is 0 Å². The van der Waals surface area contributed by atoms with Gasteiger partial charge in [0.05, 0.1) is 17.5 Å². The third kappa shape index (κ3) is 3.31. The number of rotatable bonds is 3. The van der Waals surface area contributed by atoms with E-state index in [4.69, 9.17) is 17.3 Å². The van der Waals surface area contributed by atoms with Crippen LogP contribution in [0.1, 0.15) is 42.5 Å². The number of nitrogens with one attached hydrogen (secondary N) is 2. The minimum atomic E-state index is -0.0684. The minimum Gasteiger partial charge on any atom is -0.349 e. The highest BCUT2D eigenvalue weighted by atomic mass is 35.5. The van der Waals surface area contributed by atoms with E-state index in [1.807, 2.05) is 24.3 Å². The second kappa shape index (κ2) is 6.81. The fourth-order valence-corrected chi connectivity index (χ4v) is 4.77. The Hall–Kier alpha value is -1.85. The van der Waals surface area contributed by atoms with Gasteiger partial charge in [-0.15, -0.1) is 0 Å². The predicted octanol–water partition coefficient (Wildman–Crippen LogP) is 3.37. The molecular formula is C19H23ClN4O. The molecule has 2 aromatic rings. The van der Waals surface area contributed by atoms with Gasteiger partial charge >= 0.3 is 0 Å². The average Bonchev–Trinajstić information content (AvgIpc) is 3.05. The number of fused-ring (bicyclic) bond motifs is 2. The second-order valence-electron chi connectivity index (χ2n) is 7.35. The third-order valence-electron chi connectivity index (χ3n) is 5.67. The van der Waals surface area contributed by atoms with E-state index in [1.165, 1.54) is 6.42 Å². The van der Waals surface area contributed by atoms with Gasteiger partial charge in [0.1, 0.15) is 0 Å². The SMILES string of the molecule is NC1CC2CCCC(C1)C2NC(=O)c1cn[nH]c1-c1cccc(Cl)c1. The summed E-state index contributed by atoms with van der Waals surface area (Å²) in [6.07, 6.45) is 7.16. The molecule has 1 amide bonds. The lowest BCUT2D eigenvalue weighted by Gasteiger charge is -2.45. The van der Waals surface area contributed by atoms with E-state index in [2.05, 4.69) is 15.5 Å². The van der Waals surface area contributed by atoms with E-state index >= 15 is 0 Å². The van der Waals surface area contributed by atoms with Gasteiger partial charge in [-0.05, 0) is 49.7 Å². The third-order valence-corrected chi connectivity index (χ3v) is 5.91. The first kappa shape index (κ1) is 16.6. The van der Waals surface area contributed by atoms with E-state index in [1.54, 1.807) is 6.20 Å². The number of hydrogen-bond acceptors (Lipinski definition) is 3. The van der Waals surface area contributed by atoms with Gasteiger partial charge in [-0.25, -0.2) is 0 Å². The van der Waals surface area contributed by atoms with Crippen LogP contribution >= 0.6 is 11.6 Å². The van der Waals surface area contributed by atoms with Gasteiger partial charge in [-0.3, -0.25) is 9.89 Å². The van der Waals surface area contributed by atoms with Gasteiger partial charge in [0.2, 0.25) is 0 Å². The molecule has 1 aromatic heterocycles. The Bertz CT molecular complexity index is 760. The molecule has 25 heavy (non-hydrogen) atoms. The summed E-state index contributed by atoms with van der Waals surface area (Å²) in [4.78, 5) is 12.9. The molecule has 2 atom stereocenters. The molecule has 1 heterocycles. The van der Waals surface area contributed by atoms with Gasteiger partial charge in [-0.1, -0.05) is 30.2 Å². The summed E-state index contributed by atoms with van der Waals surface area (Å²) >= 11 is 6.08. The summed E-state index contributed by atoms with van der Waals surface area (Å²) in [5.41, 5.74) is 8.32. The van der Waals surface area contributed by atoms with Crippen molar-refractivity contribution < 1.29 is 4.79 Å². The minimum absolute atomic E-state index is 0.0684. The Labute approximate surface area is 152 Å². The summed E-state index contributed by atoms with van der Waals surface area (Å²) in [5, 5.41) is 10.9. The molecule has 2 fully saturated rings. The molecule has 0 radical (unpaired) electrons. The van der Waals surface area contributed by atoms with Crippen LogP contribution in [0, 0.1) is 11.8 Å². The van der Waals surface area contributed by atoms with Crippen molar-refractivity contribution in [1.82, 2.24) is 15.5 Å². The van der Waals surface area contributed by atoms with Gasteiger partial charge in [0, 0.05) is 22.7 Å². The number of benzene rings is 1. The molecule has 0 spiro atoms. The molecule has 132 valence electrons. The van der Waals surface area contributed by atoms with Crippen LogP contribution in [0.15, 0.2) is 30.5 Å². The number of aromatic amines is 1. The van der Waals surface area contributed by atoms with Crippen molar-refractivity contribution >= 4 is 17.5 Å². The van der Waals surface area contributed by atoms with E-state index < -0.39 is 0 Å². The fourth-order valence-electron chi connectivity index (χ4n) is 4.58. The van der Waals surface area contributed by atoms with Crippen LogP contribution in [0.3, 0.4) is 0 Å². The maximum Gasteiger partial charge on any atom is 0.255 e. The van der Waals surface area contributed by atoms with Gasteiger partial charge in [0.15, 0.2) is 0 Å². The molecule has 4 N–H and O–H groups in total. The van der Waals surface area contributed by atoms with Crippen molar-refractivity contribution in [3.05, 3.63) is 41.0 Å². The Morgan fingerprint density at radius 3 is 2.76 bits per heavy atom. The van der Waals surface area contributed by atoms with Crippen LogP contribution in [-0.2, 0) is 0 Å². The topological polar surface area (TPSA) is 83.8 Å². The molecule has 1 aromatic carbocycles. The van der Waals surface area contributed by atoms with Gasteiger partial charge in [0.25, 0.3) is 5.91 Å². The van der Waals surface area contributed by atoms with E-state index in [0.717, 1.165) is 31.2 Å². The number of aromatic nitrogens is 2. The highest BCUT2D eigenvalue weighted by Crippen LogP contribution is 2.40. The number of halogens is 1. The van der Waals surface area contributed by atoms with Gasteiger partial charge < -0.3 is 11.1 Å². The summed E-state index contributed by atoms with van der Waals surface area (Å²) in [5.74, 6) is 0.919. The average molecular weight is 359 g/mol. The largest absolute Gasteiger partial charge is 0.349 e. The molecule has 5 nitrogen and oxygen atoms in total. The second-order valence-corrected chi connectivity index (χ2v) is 7.79. The zero-order valence-electron chi connectivity index (χ0n) is 14.0. The molecule has 0 aliphatic heterocycles. The summed E-state index contributed by atoms with van der Waals surface area (Å²) in [6, 6.07) is 7.94. The Morgan fingerprint density at radius 1 is 1.28 bits per heavy atom. The Morgan fingerprint density at radius 2 is 2.04 bits per heavy atom. The van der Waals surface area contributed by atoms with Crippen molar-refractivity contribution in [3.8, 4) is 11.3 Å². The summed E-state index contributed by atoms with van der Waals surface area (Å²) in [6.45, 7) is 0. The first-order valence-corrected chi connectivity index (χ1v) is 9.35. The molecule has 0 saturated heterocycles. The number of hydrogen-bond donors (Lipinski definition) is 3. The molecular weight excluding hydrogens is 336 g/mol. The lowest BCUT2D eigenvalue weighted by atomic mass is 9.67. The molecule has 2 aliphatic rings. The van der Waals surface area contributed by atoms with E-state index in [0.29, 0.717) is 28.1 Å². The zero-order valence-corrected chi connectivity index (χ0v) is 14.8. The molecule has 6 heteroatoms. The monoisotopic (exact) mass is 358 g/mol. The number of nitrogens with two attached hydrogens (primary N) is 1. The number of nitrogens with zero attached hydrogens (tertiary/aromatic N) is 1. The number of carbonyl (C=O) groups is 1. The van der Waals surface area contributed by atoms with Crippen molar-refractivity contribution in [2.24, 2.45) is 17.6 Å².